The lowest BCUT2D eigenvalue weighted by Gasteiger charge is -2.07. The van der Waals surface area contributed by atoms with Gasteiger partial charge in [-0.05, 0) is 25.0 Å². The van der Waals surface area contributed by atoms with Gasteiger partial charge >= 0.3 is 5.97 Å². The second-order valence-electron chi connectivity index (χ2n) is 5.36. The maximum absolute atomic E-state index is 12.6. The van der Waals surface area contributed by atoms with E-state index in [4.69, 9.17) is 4.74 Å². The molecule has 1 aromatic heterocycles. The van der Waals surface area contributed by atoms with Crippen molar-refractivity contribution in [1.82, 2.24) is 0 Å². The van der Waals surface area contributed by atoms with Gasteiger partial charge in [0.25, 0.3) is 17.3 Å². The number of aryl methyl sites for hydroxylation is 1. The Labute approximate surface area is 157 Å². The number of carbonyl (C=O) groups excluding carboxylic acids is 2. The molecule has 0 unspecified atom stereocenters. The topological polar surface area (TPSA) is 142 Å². The van der Waals surface area contributed by atoms with Crippen LogP contribution >= 0.6 is 11.3 Å². The van der Waals surface area contributed by atoms with E-state index >= 15 is 0 Å². The molecule has 0 spiro atoms. The van der Waals surface area contributed by atoms with Gasteiger partial charge in [-0.3, -0.25) is 25.0 Å². The molecule has 1 amide bonds. The predicted molar refractivity (Wildman–Crippen MR) is 97.5 cm³/mol. The van der Waals surface area contributed by atoms with Gasteiger partial charge in [0, 0.05) is 10.9 Å². The van der Waals surface area contributed by atoms with Crippen molar-refractivity contribution < 1.29 is 24.2 Å². The molecule has 0 aliphatic carbocycles. The average molecular weight is 393 g/mol. The molecule has 0 radical (unpaired) electrons. The highest BCUT2D eigenvalue weighted by molar-refractivity contribution is 7.16. The summed E-state index contributed by atoms with van der Waals surface area (Å²) in [4.78, 5) is 45.8. The molecule has 1 heterocycles. The monoisotopic (exact) mass is 393 g/mol. The molecule has 1 aromatic carbocycles. The van der Waals surface area contributed by atoms with Crippen LogP contribution in [0.25, 0.3) is 0 Å². The van der Waals surface area contributed by atoms with Gasteiger partial charge in [0.15, 0.2) is 0 Å². The zero-order valence-electron chi connectivity index (χ0n) is 14.6. The molecule has 11 heteroatoms. The molecule has 142 valence electrons. The number of ether oxygens (including phenoxy) is 1. The number of methoxy groups -OCH3 is 1. The van der Waals surface area contributed by atoms with E-state index in [1.807, 2.05) is 6.92 Å². The Hall–Kier alpha value is -3.34. The van der Waals surface area contributed by atoms with Gasteiger partial charge in [0.05, 0.1) is 28.6 Å². The normalized spacial score (nSPS) is 10.3. The number of non-ortho nitro benzene ring substituents is 1. The first-order chi connectivity index (χ1) is 12.7. The number of nitro benzene ring substituents is 2. The summed E-state index contributed by atoms with van der Waals surface area (Å²) in [6.07, 6.45) is 0.528. The van der Waals surface area contributed by atoms with Crippen LogP contribution in [-0.4, -0.2) is 28.8 Å². The van der Waals surface area contributed by atoms with Crippen molar-refractivity contribution >= 4 is 39.6 Å². The van der Waals surface area contributed by atoms with Gasteiger partial charge in [-0.15, -0.1) is 11.3 Å². The molecule has 0 saturated heterocycles. The zero-order valence-corrected chi connectivity index (χ0v) is 15.4. The number of thiophene rings is 1. The van der Waals surface area contributed by atoms with E-state index in [0.29, 0.717) is 18.1 Å². The first-order valence-corrected chi connectivity index (χ1v) is 8.47. The fourth-order valence-electron chi connectivity index (χ4n) is 2.56. The lowest BCUT2D eigenvalue weighted by atomic mass is 10.1. The highest BCUT2D eigenvalue weighted by Crippen LogP contribution is 2.35. The summed E-state index contributed by atoms with van der Waals surface area (Å²) in [7, 11) is 1.21. The smallest absolute Gasteiger partial charge is 0.341 e. The number of hydrogen-bond donors (Lipinski definition) is 1. The summed E-state index contributed by atoms with van der Waals surface area (Å²) in [6, 6.07) is 2.72. The molecular weight excluding hydrogens is 378 g/mol. The molecule has 2 aromatic rings. The van der Waals surface area contributed by atoms with Crippen molar-refractivity contribution in [3.05, 3.63) is 60.0 Å². The SMILES string of the molecule is CCc1c(C)sc(NC(=O)c2ccc([N+](=O)[O-])cc2[N+](=O)[O-])c1C(=O)OC. The average Bonchev–Trinajstić information content (AvgIpc) is 2.95. The van der Waals surface area contributed by atoms with E-state index in [1.165, 1.54) is 7.11 Å². The van der Waals surface area contributed by atoms with Crippen molar-refractivity contribution in [2.24, 2.45) is 0 Å². The number of esters is 1. The third-order valence-electron chi connectivity index (χ3n) is 3.81. The van der Waals surface area contributed by atoms with Gasteiger partial charge in [0.2, 0.25) is 0 Å². The Kier molecular flexibility index (Phi) is 5.85. The molecule has 0 bridgehead atoms. The van der Waals surface area contributed by atoms with Crippen molar-refractivity contribution in [3.8, 4) is 0 Å². The second kappa shape index (κ2) is 7.91. The third kappa shape index (κ3) is 3.92. The number of anilines is 1. The van der Waals surface area contributed by atoms with E-state index < -0.39 is 33.1 Å². The third-order valence-corrected chi connectivity index (χ3v) is 4.88. The largest absolute Gasteiger partial charge is 0.465 e. The van der Waals surface area contributed by atoms with Crippen LogP contribution in [0, 0.1) is 27.2 Å². The van der Waals surface area contributed by atoms with E-state index in [9.17, 15) is 29.8 Å². The Balaban J connectivity index is 2.48. The minimum absolute atomic E-state index is 0.195. The summed E-state index contributed by atoms with van der Waals surface area (Å²) in [6.45, 7) is 3.62. The van der Waals surface area contributed by atoms with Crippen LogP contribution < -0.4 is 5.32 Å². The van der Waals surface area contributed by atoms with Gasteiger partial charge in [0.1, 0.15) is 10.6 Å². The minimum Gasteiger partial charge on any atom is -0.465 e. The van der Waals surface area contributed by atoms with Crippen LogP contribution in [0.3, 0.4) is 0 Å². The molecule has 2 rings (SSSR count). The molecule has 27 heavy (non-hydrogen) atoms. The number of hydrogen-bond acceptors (Lipinski definition) is 8. The molecule has 0 saturated carbocycles. The van der Waals surface area contributed by atoms with E-state index in [0.717, 1.165) is 28.3 Å². The molecule has 0 fully saturated rings. The first-order valence-electron chi connectivity index (χ1n) is 7.66. The standard InChI is InChI=1S/C16H15N3O7S/c1-4-10-8(2)27-15(13(10)16(21)26-3)17-14(20)11-6-5-9(18(22)23)7-12(11)19(24)25/h5-7H,4H2,1-3H3,(H,17,20). The van der Waals surface area contributed by atoms with Gasteiger partial charge in [-0.2, -0.15) is 0 Å². The lowest BCUT2D eigenvalue weighted by molar-refractivity contribution is -0.394. The summed E-state index contributed by atoms with van der Waals surface area (Å²) in [5.41, 5.74) is -0.662. The summed E-state index contributed by atoms with van der Waals surface area (Å²) < 4.78 is 4.76. The van der Waals surface area contributed by atoms with Crippen LogP contribution in [0.1, 0.15) is 38.1 Å². The van der Waals surface area contributed by atoms with Crippen LogP contribution in [0.2, 0.25) is 0 Å². The highest BCUT2D eigenvalue weighted by Gasteiger charge is 2.27. The highest BCUT2D eigenvalue weighted by atomic mass is 32.1. The van der Waals surface area contributed by atoms with Crippen LogP contribution in [0.15, 0.2) is 18.2 Å². The van der Waals surface area contributed by atoms with Crippen LogP contribution in [0.5, 0.6) is 0 Å². The van der Waals surface area contributed by atoms with Crippen molar-refractivity contribution in [1.29, 1.82) is 0 Å². The number of nitrogens with zero attached hydrogens (tertiary/aromatic N) is 2. The van der Waals surface area contributed by atoms with Gasteiger partial charge in [-0.1, -0.05) is 6.92 Å². The summed E-state index contributed by atoms with van der Waals surface area (Å²) in [5.74, 6) is -1.49. The Morgan fingerprint density at radius 1 is 1.22 bits per heavy atom. The fourth-order valence-corrected chi connectivity index (χ4v) is 3.69. The van der Waals surface area contributed by atoms with E-state index in [1.54, 1.807) is 6.92 Å². The number of benzene rings is 1. The molecule has 0 aliphatic heterocycles. The predicted octanol–water partition coefficient (Wildman–Crippen LogP) is 3.47. The molecule has 1 N–H and O–H groups in total. The van der Waals surface area contributed by atoms with E-state index in [2.05, 4.69) is 5.32 Å². The van der Waals surface area contributed by atoms with Gasteiger partial charge < -0.3 is 10.1 Å². The van der Waals surface area contributed by atoms with Gasteiger partial charge in [-0.25, -0.2) is 4.79 Å². The van der Waals surface area contributed by atoms with Crippen molar-refractivity contribution in [2.75, 3.05) is 12.4 Å². The maximum atomic E-state index is 12.6. The van der Waals surface area contributed by atoms with E-state index in [-0.39, 0.29) is 16.1 Å². The molecule has 10 nitrogen and oxygen atoms in total. The van der Waals surface area contributed by atoms with Crippen LogP contribution in [-0.2, 0) is 11.2 Å². The first kappa shape index (κ1) is 20.0. The second-order valence-corrected chi connectivity index (χ2v) is 6.58. The number of amides is 1. The number of rotatable bonds is 6. The number of nitro groups is 2. The molecule has 0 aliphatic rings. The van der Waals surface area contributed by atoms with Crippen molar-refractivity contribution in [2.45, 2.75) is 20.3 Å². The quantitative estimate of drug-likeness (QED) is 0.450. The Bertz CT molecular complexity index is 952. The summed E-state index contributed by atoms with van der Waals surface area (Å²) >= 11 is 1.14. The lowest BCUT2D eigenvalue weighted by Crippen LogP contribution is -2.16. The van der Waals surface area contributed by atoms with Crippen LogP contribution in [0.4, 0.5) is 16.4 Å². The summed E-state index contributed by atoms with van der Waals surface area (Å²) in [5, 5.41) is 24.7. The molecular formula is C16H15N3O7S. The minimum atomic E-state index is -0.875. The Morgan fingerprint density at radius 3 is 2.41 bits per heavy atom. The maximum Gasteiger partial charge on any atom is 0.341 e. The zero-order chi connectivity index (χ0) is 20.3. The Morgan fingerprint density at radius 2 is 1.89 bits per heavy atom. The fraction of sp³-hybridized carbons (Fsp3) is 0.250. The number of nitrogens with one attached hydrogen (secondary N) is 1. The van der Waals surface area contributed by atoms with Crippen molar-refractivity contribution in [3.63, 3.8) is 0 Å². The number of carbonyl (C=O) groups is 2. The molecule has 0 atom stereocenters.